The molecular formula is C15H10Cl3NO. The molecule has 2 aromatic carbocycles. The van der Waals surface area contributed by atoms with Gasteiger partial charge in [-0.3, -0.25) is 4.79 Å². The van der Waals surface area contributed by atoms with Crippen molar-refractivity contribution in [3.05, 3.63) is 63.1 Å². The van der Waals surface area contributed by atoms with Gasteiger partial charge in [-0.05, 0) is 41.0 Å². The topological polar surface area (TPSA) is 29.1 Å². The summed E-state index contributed by atoms with van der Waals surface area (Å²) in [6.45, 7) is 0. The molecule has 0 aliphatic carbocycles. The van der Waals surface area contributed by atoms with Crippen LogP contribution in [0.5, 0.6) is 0 Å². The van der Waals surface area contributed by atoms with Gasteiger partial charge in [-0.2, -0.15) is 0 Å². The lowest BCUT2D eigenvalue weighted by atomic mass is 10.0. The summed E-state index contributed by atoms with van der Waals surface area (Å²) >= 11 is 18.7. The zero-order chi connectivity index (χ0) is 14.3. The monoisotopic (exact) mass is 325 g/mol. The fourth-order valence-electron chi connectivity index (χ4n) is 2.30. The Bertz CT molecular complexity index is 700. The lowest BCUT2D eigenvalue weighted by Crippen LogP contribution is -2.03. The van der Waals surface area contributed by atoms with Crippen LogP contribution < -0.4 is 5.32 Å². The van der Waals surface area contributed by atoms with E-state index in [0.29, 0.717) is 16.5 Å². The van der Waals surface area contributed by atoms with Crippen molar-refractivity contribution in [2.45, 2.75) is 11.8 Å². The smallest absolute Gasteiger partial charge is 0.228 e. The predicted molar refractivity (Wildman–Crippen MR) is 82.9 cm³/mol. The first kappa shape index (κ1) is 13.7. The molecular weight excluding hydrogens is 317 g/mol. The van der Waals surface area contributed by atoms with Crippen LogP contribution in [0.2, 0.25) is 10.0 Å². The molecule has 5 heteroatoms. The lowest BCUT2D eigenvalue weighted by Gasteiger charge is -2.13. The molecule has 0 fully saturated rings. The molecule has 2 nitrogen and oxygen atoms in total. The number of carbonyl (C=O) groups is 1. The van der Waals surface area contributed by atoms with Crippen LogP contribution in [-0.2, 0) is 11.2 Å². The highest BCUT2D eigenvalue weighted by Gasteiger charge is 2.21. The SMILES string of the molecule is O=C1Cc2cc(C(Cl)c3cc(Cl)ccc3Cl)ccc2N1. The van der Waals surface area contributed by atoms with Crippen LogP contribution in [0.25, 0.3) is 0 Å². The normalized spacial score (nSPS) is 14.8. The summed E-state index contributed by atoms with van der Waals surface area (Å²) in [5.74, 6) is 0.00376. The Morgan fingerprint density at radius 1 is 1.10 bits per heavy atom. The predicted octanol–water partition coefficient (Wildman–Crippen LogP) is 4.82. The third-order valence-corrected chi connectivity index (χ3v) is 4.34. The fraction of sp³-hybridized carbons (Fsp3) is 0.133. The number of nitrogens with one attached hydrogen (secondary N) is 1. The minimum atomic E-state index is -0.401. The zero-order valence-electron chi connectivity index (χ0n) is 10.3. The van der Waals surface area contributed by atoms with Gasteiger partial charge in [-0.1, -0.05) is 35.3 Å². The molecule has 1 N–H and O–H groups in total. The van der Waals surface area contributed by atoms with Crippen LogP contribution in [0.15, 0.2) is 36.4 Å². The Kier molecular flexibility index (Phi) is 3.63. The van der Waals surface area contributed by atoms with E-state index < -0.39 is 5.38 Å². The summed E-state index contributed by atoms with van der Waals surface area (Å²) in [7, 11) is 0. The van der Waals surface area contributed by atoms with E-state index in [1.54, 1.807) is 18.2 Å². The first-order valence-corrected chi connectivity index (χ1v) is 7.25. The second-order valence-corrected chi connectivity index (χ2v) is 5.95. The number of rotatable bonds is 2. The summed E-state index contributed by atoms with van der Waals surface area (Å²) < 4.78 is 0. The number of fused-ring (bicyclic) bond motifs is 1. The second-order valence-electron chi connectivity index (χ2n) is 4.67. The number of hydrogen-bond donors (Lipinski definition) is 1. The van der Waals surface area contributed by atoms with E-state index in [1.807, 2.05) is 18.2 Å². The van der Waals surface area contributed by atoms with E-state index in [0.717, 1.165) is 22.4 Å². The molecule has 2 aromatic rings. The Labute approximate surface area is 131 Å². The van der Waals surface area contributed by atoms with Crippen molar-refractivity contribution in [1.82, 2.24) is 0 Å². The summed E-state index contributed by atoms with van der Waals surface area (Å²) in [6, 6.07) is 10.9. The first-order valence-electron chi connectivity index (χ1n) is 6.06. The minimum Gasteiger partial charge on any atom is -0.326 e. The largest absolute Gasteiger partial charge is 0.326 e. The molecule has 0 saturated carbocycles. The molecule has 102 valence electrons. The van der Waals surface area contributed by atoms with Crippen molar-refractivity contribution in [3.8, 4) is 0 Å². The highest BCUT2D eigenvalue weighted by molar-refractivity contribution is 6.35. The molecule has 0 aromatic heterocycles. The second kappa shape index (κ2) is 5.28. The standard InChI is InChI=1S/C15H10Cl3NO/c16-10-2-3-12(17)11(7-10)15(18)8-1-4-13-9(5-8)6-14(20)19-13/h1-5,7,15H,6H2,(H,19,20). The maximum absolute atomic E-state index is 11.4. The maximum Gasteiger partial charge on any atom is 0.228 e. The maximum atomic E-state index is 11.4. The van der Waals surface area contributed by atoms with Gasteiger partial charge in [0.15, 0.2) is 0 Å². The number of amides is 1. The molecule has 1 aliphatic heterocycles. The molecule has 20 heavy (non-hydrogen) atoms. The third-order valence-electron chi connectivity index (χ3n) is 3.28. The highest BCUT2D eigenvalue weighted by atomic mass is 35.5. The fourth-order valence-corrected chi connectivity index (χ4v) is 3.07. The molecule has 1 atom stereocenters. The van der Waals surface area contributed by atoms with Gasteiger partial charge in [0.25, 0.3) is 0 Å². The van der Waals surface area contributed by atoms with Gasteiger partial charge in [-0.15, -0.1) is 11.6 Å². The van der Waals surface area contributed by atoms with E-state index in [9.17, 15) is 4.79 Å². The number of hydrogen-bond acceptors (Lipinski definition) is 1. The first-order chi connectivity index (χ1) is 9.54. The summed E-state index contributed by atoms with van der Waals surface area (Å²) in [6.07, 6.45) is 0.385. The van der Waals surface area contributed by atoms with Gasteiger partial charge in [0.05, 0.1) is 11.8 Å². The third kappa shape index (κ3) is 2.51. The van der Waals surface area contributed by atoms with E-state index in [2.05, 4.69) is 5.32 Å². The number of halogens is 3. The molecule has 0 radical (unpaired) electrons. The van der Waals surface area contributed by atoms with Gasteiger partial charge in [0, 0.05) is 15.7 Å². The van der Waals surface area contributed by atoms with Crippen molar-refractivity contribution in [1.29, 1.82) is 0 Å². The van der Waals surface area contributed by atoms with Gasteiger partial charge < -0.3 is 5.32 Å². The minimum absolute atomic E-state index is 0.00376. The molecule has 1 aliphatic rings. The quantitative estimate of drug-likeness (QED) is 0.788. The Morgan fingerprint density at radius 2 is 1.90 bits per heavy atom. The van der Waals surface area contributed by atoms with Crippen LogP contribution in [0.4, 0.5) is 5.69 Å². The molecule has 0 bridgehead atoms. The lowest BCUT2D eigenvalue weighted by molar-refractivity contribution is -0.115. The van der Waals surface area contributed by atoms with Crippen LogP contribution in [0.3, 0.4) is 0 Å². The van der Waals surface area contributed by atoms with Crippen LogP contribution >= 0.6 is 34.8 Å². The van der Waals surface area contributed by atoms with E-state index >= 15 is 0 Å². The molecule has 3 rings (SSSR count). The number of anilines is 1. The highest BCUT2D eigenvalue weighted by Crippen LogP contribution is 2.37. The number of alkyl halides is 1. The molecule has 1 amide bonds. The molecule has 0 saturated heterocycles. The summed E-state index contributed by atoms with van der Waals surface area (Å²) in [4.78, 5) is 11.4. The molecule has 1 heterocycles. The van der Waals surface area contributed by atoms with Crippen molar-refractivity contribution in [3.63, 3.8) is 0 Å². The Morgan fingerprint density at radius 3 is 2.70 bits per heavy atom. The summed E-state index contributed by atoms with van der Waals surface area (Å²) in [5, 5.41) is 3.56. The average Bonchev–Trinajstić information content (AvgIpc) is 2.79. The van der Waals surface area contributed by atoms with Crippen molar-refractivity contribution in [2.24, 2.45) is 0 Å². The van der Waals surface area contributed by atoms with Crippen LogP contribution in [-0.4, -0.2) is 5.91 Å². The number of carbonyl (C=O) groups excluding carboxylic acids is 1. The Balaban J connectivity index is 1.99. The summed E-state index contributed by atoms with van der Waals surface area (Å²) in [5.41, 5.74) is 3.46. The van der Waals surface area contributed by atoms with Crippen LogP contribution in [0.1, 0.15) is 22.1 Å². The zero-order valence-corrected chi connectivity index (χ0v) is 12.6. The Hall–Kier alpha value is -1.22. The number of benzene rings is 2. The average molecular weight is 327 g/mol. The van der Waals surface area contributed by atoms with Gasteiger partial charge >= 0.3 is 0 Å². The van der Waals surface area contributed by atoms with E-state index in [1.165, 1.54) is 0 Å². The van der Waals surface area contributed by atoms with Gasteiger partial charge in [0.1, 0.15) is 0 Å². The van der Waals surface area contributed by atoms with E-state index in [4.69, 9.17) is 34.8 Å². The van der Waals surface area contributed by atoms with Crippen molar-refractivity contribution in [2.75, 3.05) is 5.32 Å². The molecule has 1 unspecified atom stereocenters. The van der Waals surface area contributed by atoms with Gasteiger partial charge in [0.2, 0.25) is 5.91 Å². The van der Waals surface area contributed by atoms with Crippen molar-refractivity contribution < 1.29 is 4.79 Å². The van der Waals surface area contributed by atoms with Crippen molar-refractivity contribution >= 4 is 46.4 Å². The van der Waals surface area contributed by atoms with Gasteiger partial charge in [-0.25, -0.2) is 0 Å². The van der Waals surface area contributed by atoms with Crippen LogP contribution in [0, 0.1) is 0 Å². The van der Waals surface area contributed by atoms with E-state index in [-0.39, 0.29) is 5.91 Å². The molecule has 0 spiro atoms.